The molecule has 0 bridgehead atoms. The van der Waals surface area contributed by atoms with Crippen molar-refractivity contribution in [2.24, 2.45) is 0 Å². The number of pyridine rings is 2. The maximum absolute atomic E-state index is 12.5. The van der Waals surface area contributed by atoms with Crippen LogP contribution in [0.5, 0.6) is 0 Å². The number of amides is 1. The topological polar surface area (TPSA) is 114 Å². The molecule has 144 valence electrons. The van der Waals surface area contributed by atoms with Crippen LogP contribution in [0.25, 0.3) is 10.3 Å². The van der Waals surface area contributed by atoms with Crippen molar-refractivity contribution < 1.29 is 9.72 Å². The van der Waals surface area contributed by atoms with E-state index in [0.29, 0.717) is 26.2 Å². The molecule has 4 rings (SSSR count). The molecule has 1 aliphatic rings. The van der Waals surface area contributed by atoms with Gasteiger partial charge in [0.15, 0.2) is 5.13 Å². The van der Waals surface area contributed by atoms with E-state index in [4.69, 9.17) is 0 Å². The van der Waals surface area contributed by atoms with Gasteiger partial charge in [-0.05, 0) is 12.1 Å². The van der Waals surface area contributed by atoms with Gasteiger partial charge in [0.25, 0.3) is 11.2 Å². The van der Waals surface area contributed by atoms with Crippen molar-refractivity contribution in [2.75, 3.05) is 31.1 Å². The molecule has 0 aromatic carbocycles. The highest BCUT2D eigenvalue weighted by Crippen LogP contribution is 2.27. The molecule has 0 aliphatic carbocycles. The Morgan fingerprint density at radius 2 is 2.00 bits per heavy atom. The number of piperazine rings is 1. The van der Waals surface area contributed by atoms with E-state index in [1.807, 2.05) is 12.1 Å². The van der Waals surface area contributed by atoms with Crippen LogP contribution >= 0.6 is 11.3 Å². The number of nitro groups is 1. The van der Waals surface area contributed by atoms with Crippen LogP contribution in [0.2, 0.25) is 0 Å². The summed E-state index contributed by atoms with van der Waals surface area (Å²) >= 11 is 1.51. The lowest BCUT2D eigenvalue weighted by molar-refractivity contribution is -0.385. The molecule has 0 spiro atoms. The van der Waals surface area contributed by atoms with E-state index in [0.717, 1.165) is 38.4 Å². The Bertz CT molecular complexity index is 1070. The summed E-state index contributed by atoms with van der Waals surface area (Å²) in [6, 6.07) is 6.00. The molecule has 0 N–H and O–H groups in total. The summed E-state index contributed by atoms with van der Waals surface area (Å²) in [7, 11) is 0. The van der Waals surface area contributed by atoms with Crippen LogP contribution in [-0.4, -0.2) is 56.4 Å². The van der Waals surface area contributed by atoms with Gasteiger partial charge < -0.3 is 9.80 Å². The minimum absolute atomic E-state index is 0.217. The zero-order chi connectivity index (χ0) is 19.7. The first-order valence-electron chi connectivity index (χ1n) is 8.60. The molecule has 0 saturated carbocycles. The monoisotopic (exact) mass is 400 g/mol. The average molecular weight is 400 g/mol. The van der Waals surface area contributed by atoms with Gasteiger partial charge in [-0.25, -0.2) is 9.97 Å². The lowest BCUT2D eigenvalue weighted by Gasteiger charge is -2.34. The summed E-state index contributed by atoms with van der Waals surface area (Å²) in [5, 5.41) is 11.7. The van der Waals surface area contributed by atoms with Crippen LogP contribution in [0.3, 0.4) is 0 Å². The Balaban J connectivity index is 1.41. The summed E-state index contributed by atoms with van der Waals surface area (Å²) < 4.78 is 1.08. The van der Waals surface area contributed by atoms with Gasteiger partial charge in [0, 0.05) is 44.5 Å². The molecule has 3 aromatic rings. The smallest absolute Gasteiger partial charge is 0.285 e. The summed E-state index contributed by atoms with van der Waals surface area (Å²) in [4.78, 5) is 48.2. The van der Waals surface area contributed by atoms with Crippen LogP contribution in [0.4, 0.5) is 10.8 Å². The SMILES string of the molecule is O=C(Cn1cc([N+](=O)[O-])ccc1=O)N1CCN(c2nc3cccnc3s2)CC1. The summed E-state index contributed by atoms with van der Waals surface area (Å²) in [5.41, 5.74) is 0.187. The van der Waals surface area contributed by atoms with E-state index in [9.17, 15) is 19.7 Å². The number of hydrogen-bond donors (Lipinski definition) is 0. The number of anilines is 1. The molecule has 1 saturated heterocycles. The van der Waals surface area contributed by atoms with Crippen molar-refractivity contribution in [1.82, 2.24) is 19.4 Å². The molecule has 0 unspecified atom stereocenters. The highest BCUT2D eigenvalue weighted by atomic mass is 32.1. The fourth-order valence-electron chi connectivity index (χ4n) is 3.04. The molecule has 4 heterocycles. The zero-order valence-corrected chi connectivity index (χ0v) is 15.5. The normalized spacial score (nSPS) is 14.4. The van der Waals surface area contributed by atoms with E-state index in [2.05, 4.69) is 14.9 Å². The highest BCUT2D eigenvalue weighted by Gasteiger charge is 2.24. The molecular formula is C17H16N6O4S. The first-order valence-corrected chi connectivity index (χ1v) is 9.42. The number of carbonyl (C=O) groups is 1. The van der Waals surface area contributed by atoms with Crippen molar-refractivity contribution >= 4 is 38.4 Å². The number of thiazole rings is 1. The quantitative estimate of drug-likeness (QED) is 0.476. The van der Waals surface area contributed by atoms with Crippen LogP contribution in [0.1, 0.15) is 0 Å². The van der Waals surface area contributed by atoms with Crippen LogP contribution in [0, 0.1) is 10.1 Å². The molecular weight excluding hydrogens is 384 g/mol. The molecule has 1 fully saturated rings. The van der Waals surface area contributed by atoms with Crippen molar-refractivity contribution in [3.63, 3.8) is 0 Å². The lowest BCUT2D eigenvalue weighted by Crippen LogP contribution is -2.50. The first kappa shape index (κ1) is 18.0. The Hall–Kier alpha value is -3.34. The Kier molecular flexibility index (Phi) is 4.74. The average Bonchev–Trinajstić information content (AvgIpc) is 3.14. The van der Waals surface area contributed by atoms with Crippen molar-refractivity contribution in [1.29, 1.82) is 0 Å². The van der Waals surface area contributed by atoms with Crippen molar-refractivity contribution in [3.05, 3.63) is 57.1 Å². The third-order valence-corrected chi connectivity index (χ3v) is 5.58. The van der Waals surface area contributed by atoms with Crippen LogP contribution < -0.4 is 10.5 Å². The number of nitrogens with zero attached hydrogens (tertiary/aromatic N) is 6. The van der Waals surface area contributed by atoms with Crippen molar-refractivity contribution in [2.45, 2.75) is 6.54 Å². The second kappa shape index (κ2) is 7.35. The first-order chi connectivity index (χ1) is 13.5. The van der Waals surface area contributed by atoms with Gasteiger partial charge >= 0.3 is 0 Å². The Labute approximate surface area is 162 Å². The molecule has 1 amide bonds. The molecule has 10 nitrogen and oxygen atoms in total. The standard InChI is InChI=1S/C17H16N6O4S/c24-14-4-3-12(23(26)27)10-22(14)11-15(25)20-6-8-21(9-7-20)17-19-13-2-1-5-18-16(13)28-17/h1-5,10H,6-9,11H2. The third-order valence-electron chi connectivity index (χ3n) is 4.54. The number of rotatable bonds is 4. The molecule has 1 aliphatic heterocycles. The molecule has 11 heteroatoms. The van der Waals surface area contributed by atoms with E-state index < -0.39 is 10.5 Å². The predicted molar refractivity (Wildman–Crippen MR) is 104 cm³/mol. The van der Waals surface area contributed by atoms with Gasteiger partial charge in [-0.15, -0.1) is 0 Å². The summed E-state index contributed by atoms with van der Waals surface area (Å²) in [6.07, 6.45) is 2.83. The second-order valence-electron chi connectivity index (χ2n) is 6.30. The van der Waals surface area contributed by atoms with Gasteiger partial charge in [-0.3, -0.25) is 24.3 Å². The minimum Gasteiger partial charge on any atom is -0.344 e. The van der Waals surface area contributed by atoms with Crippen LogP contribution in [0.15, 0.2) is 41.5 Å². The summed E-state index contributed by atoms with van der Waals surface area (Å²) in [6.45, 7) is 2.01. The fraction of sp³-hybridized carbons (Fsp3) is 0.294. The second-order valence-corrected chi connectivity index (χ2v) is 7.26. The van der Waals surface area contributed by atoms with Gasteiger partial charge in [0.05, 0.1) is 11.1 Å². The molecule has 28 heavy (non-hydrogen) atoms. The van der Waals surface area contributed by atoms with Gasteiger partial charge in [-0.2, -0.15) is 0 Å². The number of fused-ring (bicyclic) bond motifs is 1. The maximum Gasteiger partial charge on any atom is 0.285 e. The Morgan fingerprint density at radius 3 is 2.71 bits per heavy atom. The predicted octanol–water partition coefficient (Wildman–Crippen LogP) is 1.11. The van der Waals surface area contributed by atoms with Gasteiger partial charge in [0.2, 0.25) is 5.91 Å². The zero-order valence-electron chi connectivity index (χ0n) is 14.7. The third kappa shape index (κ3) is 3.56. The maximum atomic E-state index is 12.5. The van der Waals surface area contributed by atoms with E-state index in [1.165, 1.54) is 11.3 Å². The minimum atomic E-state index is -0.591. The fourth-order valence-corrected chi connectivity index (χ4v) is 4.00. The number of aromatic nitrogens is 3. The number of carbonyl (C=O) groups excluding carboxylic acids is 1. The van der Waals surface area contributed by atoms with E-state index in [-0.39, 0.29) is 18.1 Å². The van der Waals surface area contributed by atoms with Crippen molar-refractivity contribution in [3.8, 4) is 0 Å². The van der Waals surface area contributed by atoms with Crippen LogP contribution in [-0.2, 0) is 11.3 Å². The summed E-state index contributed by atoms with van der Waals surface area (Å²) in [5.74, 6) is -0.242. The van der Waals surface area contributed by atoms with Gasteiger partial charge in [-0.1, -0.05) is 11.3 Å². The number of hydrogen-bond acceptors (Lipinski definition) is 8. The van der Waals surface area contributed by atoms with E-state index in [1.54, 1.807) is 11.1 Å². The molecule has 0 radical (unpaired) electrons. The van der Waals surface area contributed by atoms with E-state index >= 15 is 0 Å². The largest absolute Gasteiger partial charge is 0.344 e. The highest BCUT2D eigenvalue weighted by molar-refractivity contribution is 7.21. The van der Waals surface area contributed by atoms with Gasteiger partial charge in [0.1, 0.15) is 16.9 Å². The molecule has 0 atom stereocenters. The lowest BCUT2D eigenvalue weighted by atomic mass is 10.3. The molecule has 3 aromatic heterocycles. The Morgan fingerprint density at radius 1 is 1.21 bits per heavy atom.